The Morgan fingerprint density at radius 1 is 1.14 bits per heavy atom. The normalized spacial score (nSPS) is 19.9. The maximum Gasteiger partial charge on any atom is 0.194 e. The molecule has 0 radical (unpaired) electrons. The van der Waals surface area contributed by atoms with Gasteiger partial charge in [0, 0.05) is 12.0 Å². The van der Waals surface area contributed by atoms with E-state index in [-0.39, 0.29) is 0 Å². The number of benzene rings is 1. The van der Waals surface area contributed by atoms with E-state index in [1.807, 2.05) is 0 Å². The van der Waals surface area contributed by atoms with Gasteiger partial charge in [-0.2, -0.15) is 0 Å². The van der Waals surface area contributed by atoms with Crippen LogP contribution in [-0.2, 0) is 15.3 Å². The zero-order valence-electron chi connectivity index (χ0n) is 8.75. The van der Waals surface area contributed by atoms with Crippen LogP contribution in [0.2, 0.25) is 0 Å². The minimum atomic E-state index is -0.478. The first-order valence-corrected chi connectivity index (χ1v) is 5.12. The summed E-state index contributed by atoms with van der Waals surface area (Å²) in [6.45, 7) is 5.56. The molecule has 1 heterocycles. The largest absolute Gasteiger partial charge is 0.343 e. The molecule has 0 amide bonds. The monoisotopic (exact) mass is 192 g/mol. The Morgan fingerprint density at radius 2 is 1.71 bits per heavy atom. The van der Waals surface area contributed by atoms with Crippen molar-refractivity contribution in [2.45, 2.75) is 26.1 Å². The topological polar surface area (TPSA) is 18.5 Å². The molecule has 1 saturated heterocycles. The lowest BCUT2D eigenvalue weighted by molar-refractivity contribution is -0.167. The van der Waals surface area contributed by atoms with Gasteiger partial charge >= 0.3 is 0 Å². The Balaban J connectivity index is 2.31. The van der Waals surface area contributed by atoms with Gasteiger partial charge < -0.3 is 9.47 Å². The van der Waals surface area contributed by atoms with Gasteiger partial charge in [0.1, 0.15) is 0 Å². The standard InChI is InChI=1S/C12H16O2/c1-3-12(13-8-9-14-12)11-6-4-10(2)5-7-11/h4-7H,3,8-9H2,1-2H3. The molecule has 0 saturated carbocycles. The van der Waals surface area contributed by atoms with E-state index in [0.29, 0.717) is 13.2 Å². The van der Waals surface area contributed by atoms with Gasteiger partial charge in [-0.3, -0.25) is 0 Å². The average molecular weight is 192 g/mol. The van der Waals surface area contributed by atoms with Crippen LogP contribution in [0, 0.1) is 6.92 Å². The number of aryl methyl sites for hydroxylation is 1. The summed E-state index contributed by atoms with van der Waals surface area (Å²) >= 11 is 0. The molecule has 1 aliphatic rings. The molecule has 0 spiro atoms. The quantitative estimate of drug-likeness (QED) is 0.717. The summed E-state index contributed by atoms with van der Waals surface area (Å²) in [5.74, 6) is -0.478. The van der Waals surface area contributed by atoms with Gasteiger partial charge in [-0.25, -0.2) is 0 Å². The predicted molar refractivity (Wildman–Crippen MR) is 55.1 cm³/mol. The second-order valence-corrected chi connectivity index (χ2v) is 3.67. The first kappa shape index (κ1) is 9.69. The van der Waals surface area contributed by atoms with Crippen LogP contribution < -0.4 is 0 Å². The van der Waals surface area contributed by atoms with Crippen LogP contribution in [0.5, 0.6) is 0 Å². The molecule has 0 aliphatic carbocycles. The van der Waals surface area contributed by atoms with Crippen LogP contribution in [0.4, 0.5) is 0 Å². The first-order chi connectivity index (χ1) is 6.77. The molecule has 0 aromatic heterocycles. The van der Waals surface area contributed by atoms with Crippen molar-refractivity contribution >= 4 is 0 Å². The van der Waals surface area contributed by atoms with Gasteiger partial charge in [-0.15, -0.1) is 0 Å². The molecule has 0 unspecified atom stereocenters. The summed E-state index contributed by atoms with van der Waals surface area (Å²) in [5, 5.41) is 0. The van der Waals surface area contributed by atoms with Crippen LogP contribution in [0.1, 0.15) is 24.5 Å². The minimum Gasteiger partial charge on any atom is -0.343 e. The van der Waals surface area contributed by atoms with Crippen molar-refractivity contribution < 1.29 is 9.47 Å². The highest BCUT2D eigenvalue weighted by Crippen LogP contribution is 2.34. The predicted octanol–water partition coefficient (Wildman–Crippen LogP) is 2.60. The SMILES string of the molecule is CCC1(c2ccc(C)cc2)OCCO1. The van der Waals surface area contributed by atoms with Crippen LogP contribution >= 0.6 is 0 Å². The maximum atomic E-state index is 5.69. The third kappa shape index (κ3) is 1.56. The smallest absolute Gasteiger partial charge is 0.194 e. The lowest BCUT2D eigenvalue weighted by Crippen LogP contribution is -2.25. The van der Waals surface area contributed by atoms with E-state index in [4.69, 9.17) is 9.47 Å². The third-order valence-electron chi connectivity index (χ3n) is 2.71. The average Bonchev–Trinajstić information content (AvgIpc) is 2.68. The van der Waals surface area contributed by atoms with E-state index in [2.05, 4.69) is 38.1 Å². The summed E-state index contributed by atoms with van der Waals surface area (Å²) in [7, 11) is 0. The van der Waals surface area contributed by atoms with Crippen molar-refractivity contribution in [3.05, 3.63) is 35.4 Å². The van der Waals surface area contributed by atoms with Gasteiger partial charge in [0.25, 0.3) is 0 Å². The highest BCUT2D eigenvalue weighted by atomic mass is 16.7. The van der Waals surface area contributed by atoms with Gasteiger partial charge in [0.05, 0.1) is 13.2 Å². The molecule has 14 heavy (non-hydrogen) atoms. The molecule has 76 valence electrons. The van der Waals surface area contributed by atoms with E-state index >= 15 is 0 Å². The Kier molecular flexibility index (Phi) is 2.57. The fraction of sp³-hybridized carbons (Fsp3) is 0.500. The lowest BCUT2D eigenvalue weighted by Gasteiger charge is -2.26. The Hall–Kier alpha value is -0.860. The highest BCUT2D eigenvalue weighted by Gasteiger charge is 2.36. The summed E-state index contributed by atoms with van der Waals surface area (Å²) < 4.78 is 11.4. The zero-order chi connectivity index (χ0) is 10.0. The van der Waals surface area contributed by atoms with Crippen molar-refractivity contribution in [3.63, 3.8) is 0 Å². The molecular formula is C12H16O2. The zero-order valence-corrected chi connectivity index (χ0v) is 8.75. The third-order valence-corrected chi connectivity index (χ3v) is 2.71. The van der Waals surface area contributed by atoms with Crippen LogP contribution in [-0.4, -0.2) is 13.2 Å². The Morgan fingerprint density at radius 3 is 2.21 bits per heavy atom. The van der Waals surface area contributed by atoms with Crippen molar-refractivity contribution in [2.75, 3.05) is 13.2 Å². The number of hydrogen-bond donors (Lipinski definition) is 0. The van der Waals surface area contributed by atoms with Crippen LogP contribution in [0.15, 0.2) is 24.3 Å². The number of rotatable bonds is 2. The van der Waals surface area contributed by atoms with Crippen LogP contribution in [0.3, 0.4) is 0 Å². The second kappa shape index (κ2) is 3.71. The first-order valence-electron chi connectivity index (χ1n) is 5.12. The number of hydrogen-bond acceptors (Lipinski definition) is 2. The molecular weight excluding hydrogens is 176 g/mol. The van der Waals surface area contributed by atoms with Crippen molar-refractivity contribution in [1.29, 1.82) is 0 Å². The van der Waals surface area contributed by atoms with Crippen molar-refractivity contribution in [2.24, 2.45) is 0 Å². The van der Waals surface area contributed by atoms with E-state index in [1.165, 1.54) is 5.56 Å². The molecule has 0 N–H and O–H groups in total. The van der Waals surface area contributed by atoms with Crippen LogP contribution in [0.25, 0.3) is 0 Å². The summed E-state index contributed by atoms with van der Waals surface area (Å²) in [6.07, 6.45) is 0.857. The van der Waals surface area contributed by atoms with Crippen molar-refractivity contribution in [3.8, 4) is 0 Å². The Bertz CT molecular complexity index is 297. The van der Waals surface area contributed by atoms with Gasteiger partial charge in [0.2, 0.25) is 0 Å². The Labute approximate surface area is 84.8 Å². The fourth-order valence-corrected chi connectivity index (χ4v) is 1.84. The summed E-state index contributed by atoms with van der Waals surface area (Å²) in [4.78, 5) is 0. The van der Waals surface area contributed by atoms with Gasteiger partial charge in [0.15, 0.2) is 5.79 Å². The van der Waals surface area contributed by atoms with Gasteiger partial charge in [-0.1, -0.05) is 36.8 Å². The summed E-state index contributed by atoms with van der Waals surface area (Å²) in [5.41, 5.74) is 2.39. The fourth-order valence-electron chi connectivity index (χ4n) is 1.84. The molecule has 0 bridgehead atoms. The van der Waals surface area contributed by atoms with Crippen molar-refractivity contribution in [1.82, 2.24) is 0 Å². The van der Waals surface area contributed by atoms with E-state index in [0.717, 1.165) is 12.0 Å². The maximum absolute atomic E-state index is 5.69. The van der Waals surface area contributed by atoms with E-state index in [9.17, 15) is 0 Å². The minimum absolute atomic E-state index is 0.478. The van der Waals surface area contributed by atoms with Gasteiger partial charge in [-0.05, 0) is 6.92 Å². The molecule has 1 fully saturated rings. The molecule has 2 nitrogen and oxygen atoms in total. The lowest BCUT2D eigenvalue weighted by atomic mass is 10.0. The highest BCUT2D eigenvalue weighted by molar-refractivity contribution is 5.25. The van der Waals surface area contributed by atoms with E-state index in [1.54, 1.807) is 0 Å². The molecule has 1 aliphatic heterocycles. The molecule has 0 atom stereocenters. The molecule has 1 aromatic carbocycles. The summed E-state index contributed by atoms with van der Waals surface area (Å²) in [6, 6.07) is 8.36. The molecule has 2 heteroatoms. The molecule has 2 rings (SSSR count). The van der Waals surface area contributed by atoms with E-state index < -0.39 is 5.79 Å². The molecule has 1 aromatic rings. The second-order valence-electron chi connectivity index (χ2n) is 3.67. The number of ether oxygens (including phenoxy) is 2.